The number of carbonyl (C=O) groups is 1. The van der Waals surface area contributed by atoms with Crippen molar-refractivity contribution in [2.24, 2.45) is 0 Å². The van der Waals surface area contributed by atoms with Crippen LogP contribution in [0.15, 0.2) is 12.7 Å². The lowest BCUT2D eigenvalue weighted by molar-refractivity contribution is -0.145. The van der Waals surface area contributed by atoms with E-state index in [1.807, 2.05) is 0 Å². The zero-order valence-corrected chi connectivity index (χ0v) is 7.88. The summed E-state index contributed by atoms with van der Waals surface area (Å²) in [5, 5.41) is 12.3. The normalized spacial score (nSPS) is 29.2. The molecule has 1 unspecified atom stereocenters. The number of carboxylic acid groups (broad SMARTS) is 1. The summed E-state index contributed by atoms with van der Waals surface area (Å²) in [5.41, 5.74) is -0.738. The molecule has 1 heterocycles. The first-order valence-corrected chi connectivity index (χ1v) is 4.80. The first-order chi connectivity index (χ1) is 6.21. The van der Waals surface area contributed by atoms with E-state index in [0.29, 0.717) is 12.8 Å². The van der Waals surface area contributed by atoms with Gasteiger partial charge in [0.2, 0.25) is 0 Å². The lowest BCUT2D eigenvalue weighted by atomic mass is 9.90. The van der Waals surface area contributed by atoms with Gasteiger partial charge in [-0.15, -0.1) is 6.58 Å². The number of hydrogen-bond donors (Lipinski definition) is 2. The number of hydrogen-bond acceptors (Lipinski definition) is 2. The first-order valence-electron chi connectivity index (χ1n) is 4.80. The van der Waals surface area contributed by atoms with Crippen LogP contribution in [0.2, 0.25) is 0 Å². The minimum atomic E-state index is -0.741. The van der Waals surface area contributed by atoms with Gasteiger partial charge in [0.25, 0.3) is 0 Å². The molecule has 2 N–H and O–H groups in total. The highest BCUT2D eigenvalue weighted by Crippen LogP contribution is 2.23. The van der Waals surface area contributed by atoms with E-state index in [2.05, 4.69) is 11.9 Å². The van der Waals surface area contributed by atoms with Gasteiger partial charge < -0.3 is 10.4 Å². The van der Waals surface area contributed by atoms with E-state index in [9.17, 15) is 4.79 Å². The molecule has 0 spiro atoms. The summed E-state index contributed by atoms with van der Waals surface area (Å²) in [5.74, 6) is -0.741. The van der Waals surface area contributed by atoms with Crippen LogP contribution >= 0.6 is 0 Å². The number of nitrogens with one attached hydrogen (secondary N) is 1. The zero-order valence-electron chi connectivity index (χ0n) is 7.88. The Morgan fingerprint density at radius 2 is 2.31 bits per heavy atom. The third kappa shape index (κ3) is 2.31. The van der Waals surface area contributed by atoms with Gasteiger partial charge in [0.15, 0.2) is 0 Å². The predicted octanol–water partition coefficient (Wildman–Crippen LogP) is 1.55. The van der Waals surface area contributed by atoms with Crippen molar-refractivity contribution in [2.75, 3.05) is 6.54 Å². The summed E-state index contributed by atoms with van der Waals surface area (Å²) in [6.45, 7) is 4.42. The Kier molecular flexibility index (Phi) is 3.48. The summed E-state index contributed by atoms with van der Waals surface area (Å²) in [7, 11) is 0. The smallest absolute Gasteiger partial charge is 0.324 e. The van der Waals surface area contributed by atoms with Gasteiger partial charge in [-0.1, -0.05) is 18.9 Å². The van der Waals surface area contributed by atoms with E-state index in [1.54, 1.807) is 6.08 Å². The van der Waals surface area contributed by atoms with Crippen LogP contribution in [0.25, 0.3) is 0 Å². The average molecular weight is 183 g/mol. The van der Waals surface area contributed by atoms with Crippen LogP contribution in [0.1, 0.15) is 32.1 Å². The highest BCUT2D eigenvalue weighted by molar-refractivity contribution is 5.79. The van der Waals surface area contributed by atoms with Crippen molar-refractivity contribution in [3.63, 3.8) is 0 Å². The Bertz CT molecular complexity index is 193. The maximum atomic E-state index is 11.1. The topological polar surface area (TPSA) is 49.3 Å². The third-order valence-corrected chi connectivity index (χ3v) is 2.65. The Morgan fingerprint density at radius 1 is 1.54 bits per heavy atom. The minimum Gasteiger partial charge on any atom is -0.480 e. The molecule has 1 saturated heterocycles. The molecule has 0 radical (unpaired) electrons. The largest absolute Gasteiger partial charge is 0.480 e. The SMILES string of the molecule is C=CCC1(C(=O)O)CCCCCN1. The van der Waals surface area contributed by atoms with Crippen LogP contribution in [0.4, 0.5) is 0 Å². The van der Waals surface area contributed by atoms with Gasteiger partial charge >= 0.3 is 5.97 Å². The Labute approximate surface area is 78.8 Å². The lowest BCUT2D eigenvalue weighted by Gasteiger charge is -2.27. The fourth-order valence-corrected chi connectivity index (χ4v) is 1.84. The molecule has 0 aromatic rings. The minimum absolute atomic E-state index is 0.516. The van der Waals surface area contributed by atoms with Crippen LogP contribution in [0.5, 0.6) is 0 Å². The van der Waals surface area contributed by atoms with Crippen molar-refractivity contribution in [2.45, 2.75) is 37.6 Å². The molecule has 0 aromatic carbocycles. The van der Waals surface area contributed by atoms with Crippen molar-refractivity contribution < 1.29 is 9.90 Å². The van der Waals surface area contributed by atoms with Crippen LogP contribution in [0.3, 0.4) is 0 Å². The van der Waals surface area contributed by atoms with Gasteiger partial charge in [-0.05, 0) is 25.8 Å². The van der Waals surface area contributed by atoms with Crippen LogP contribution in [0, 0.1) is 0 Å². The van der Waals surface area contributed by atoms with Crippen LogP contribution in [-0.2, 0) is 4.79 Å². The van der Waals surface area contributed by atoms with Gasteiger partial charge in [-0.25, -0.2) is 0 Å². The third-order valence-electron chi connectivity index (χ3n) is 2.65. The number of aliphatic carboxylic acids is 1. The van der Waals surface area contributed by atoms with Crippen molar-refractivity contribution in [3.8, 4) is 0 Å². The fraction of sp³-hybridized carbons (Fsp3) is 0.700. The van der Waals surface area contributed by atoms with Gasteiger partial charge in [0.05, 0.1) is 0 Å². The highest BCUT2D eigenvalue weighted by Gasteiger charge is 2.36. The second-order valence-electron chi connectivity index (χ2n) is 3.62. The quantitative estimate of drug-likeness (QED) is 0.653. The molecule has 74 valence electrons. The highest BCUT2D eigenvalue weighted by atomic mass is 16.4. The molecule has 0 bridgehead atoms. The van der Waals surface area contributed by atoms with Crippen molar-refractivity contribution in [1.82, 2.24) is 5.32 Å². The van der Waals surface area contributed by atoms with Crippen molar-refractivity contribution >= 4 is 5.97 Å². The molecule has 13 heavy (non-hydrogen) atoms. The molecule has 3 heteroatoms. The molecule has 0 amide bonds. The summed E-state index contributed by atoms with van der Waals surface area (Å²) in [4.78, 5) is 11.1. The molecule has 1 aliphatic heterocycles. The van der Waals surface area contributed by atoms with Gasteiger partial charge in [-0.3, -0.25) is 4.79 Å². The monoisotopic (exact) mass is 183 g/mol. The standard InChI is InChI=1S/C10H17NO2/c1-2-6-10(9(12)13)7-4-3-5-8-11-10/h2,11H,1,3-8H2,(H,12,13). The molecule has 1 fully saturated rings. The Morgan fingerprint density at radius 3 is 2.92 bits per heavy atom. The van der Waals surface area contributed by atoms with Crippen molar-refractivity contribution in [1.29, 1.82) is 0 Å². The fourth-order valence-electron chi connectivity index (χ4n) is 1.84. The zero-order chi connectivity index (χ0) is 9.73. The summed E-state index contributed by atoms with van der Waals surface area (Å²) >= 11 is 0. The first kappa shape index (κ1) is 10.3. The molecular formula is C10H17NO2. The van der Waals surface area contributed by atoms with Gasteiger partial charge in [0, 0.05) is 0 Å². The maximum absolute atomic E-state index is 11.1. The average Bonchev–Trinajstić information content (AvgIpc) is 2.31. The van der Waals surface area contributed by atoms with Crippen LogP contribution in [-0.4, -0.2) is 23.2 Å². The van der Waals surface area contributed by atoms with E-state index in [4.69, 9.17) is 5.11 Å². The molecular weight excluding hydrogens is 166 g/mol. The number of rotatable bonds is 3. The molecule has 1 atom stereocenters. The van der Waals surface area contributed by atoms with Gasteiger partial charge in [-0.2, -0.15) is 0 Å². The Hall–Kier alpha value is -0.830. The maximum Gasteiger partial charge on any atom is 0.324 e. The second-order valence-corrected chi connectivity index (χ2v) is 3.62. The number of carboxylic acids is 1. The predicted molar refractivity (Wildman–Crippen MR) is 51.7 cm³/mol. The van der Waals surface area contributed by atoms with E-state index in [-0.39, 0.29) is 0 Å². The molecule has 0 aliphatic carbocycles. The summed E-state index contributed by atoms with van der Waals surface area (Å²) in [6, 6.07) is 0. The summed E-state index contributed by atoms with van der Waals surface area (Å²) < 4.78 is 0. The van der Waals surface area contributed by atoms with E-state index >= 15 is 0 Å². The van der Waals surface area contributed by atoms with E-state index in [0.717, 1.165) is 25.8 Å². The molecule has 0 aromatic heterocycles. The second kappa shape index (κ2) is 4.42. The molecule has 1 rings (SSSR count). The van der Waals surface area contributed by atoms with Gasteiger partial charge in [0.1, 0.15) is 5.54 Å². The molecule has 0 saturated carbocycles. The Balaban J connectivity index is 2.73. The van der Waals surface area contributed by atoms with E-state index in [1.165, 1.54) is 0 Å². The lowest BCUT2D eigenvalue weighted by Crippen LogP contribution is -2.51. The van der Waals surface area contributed by atoms with Crippen molar-refractivity contribution in [3.05, 3.63) is 12.7 Å². The molecule has 1 aliphatic rings. The van der Waals surface area contributed by atoms with Crippen LogP contribution < -0.4 is 5.32 Å². The van der Waals surface area contributed by atoms with E-state index < -0.39 is 11.5 Å². The summed E-state index contributed by atoms with van der Waals surface area (Å²) in [6.07, 6.45) is 6.11. The molecule has 3 nitrogen and oxygen atoms in total.